The van der Waals surface area contributed by atoms with E-state index in [0.29, 0.717) is 0 Å². The van der Waals surface area contributed by atoms with E-state index < -0.39 is 0 Å². The molecule has 0 unspecified atom stereocenters. The lowest BCUT2D eigenvalue weighted by molar-refractivity contribution is 0.347. The van der Waals surface area contributed by atoms with Crippen LogP contribution in [0.25, 0.3) is 0 Å². The maximum absolute atomic E-state index is 4.44. The molecule has 86 valence electrons. The predicted molar refractivity (Wildman–Crippen MR) is 64.0 cm³/mol. The van der Waals surface area contributed by atoms with Crippen LogP contribution in [0.5, 0.6) is 0 Å². The van der Waals surface area contributed by atoms with Gasteiger partial charge in [-0.3, -0.25) is 4.68 Å². The highest BCUT2D eigenvalue weighted by Gasteiger charge is 2.17. The summed E-state index contributed by atoms with van der Waals surface area (Å²) in [5, 5.41) is 7.85. The summed E-state index contributed by atoms with van der Waals surface area (Å²) in [4.78, 5) is 0. The molecular weight excluding hydrogens is 186 g/mol. The van der Waals surface area contributed by atoms with Crippen molar-refractivity contribution in [2.75, 3.05) is 6.54 Å². The van der Waals surface area contributed by atoms with Gasteiger partial charge in [0, 0.05) is 17.8 Å². The summed E-state index contributed by atoms with van der Waals surface area (Å²) in [7, 11) is 0. The monoisotopic (exact) mass is 209 g/mol. The molecule has 0 spiro atoms. The van der Waals surface area contributed by atoms with Gasteiger partial charge in [0.05, 0.1) is 11.7 Å². The maximum atomic E-state index is 4.44. The summed E-state index contributed by atoms with van der Waals surface area (Å²) in [6.07, 6.45) is 3.15. The molecule has 0 radical (unpaired) electrons. The van der Waals surface area contributed by atoms with Gasteiger partial charge in [-0.05, 0) is 40.7 Å². The number of rotatable bonds is 4. The Labute approximate surface area is 92.9 Å². The Morgan fingerprint density at radius 3 is 2.53 bits per heavy atom. The van der Waals surface area contributed by atoms with E-state index in [1.54, 1.807) is 0 Å². The third-order valence-corrected chi connectivity index (χ3v) is 2.49. The number of nitrogens with zero attached hydrogens (tertiary/aromatic N) is 2. The highest BCUT2D eigenvalue weighted by Crippen LogP contribution is 2.17. The molecule has 3 heteroatoms. The molecule has 0 aliphatic carbocycles. The third-order valence-electron chi connectivity index (χ3n) is 2.49. The topological polar surface area (TPSA) is 29.9 Å². The minimum absolute atomic E-state index is 0.0765. The van der Waals surface area contributed by atoms with Crippen molar-refractivity contribution in [3.63, 3.8) is 0 Å². The zero-order valence-electron chi connectivity index (χ0n) is 10.6. The average Bonchev–Trinajstić information content (AvgIpc) is 2.47. The fraction of sp³-hybridized carbons (Fsp3) is 0.750. The second kappa shape index (κ2) is 4.79. The molecule has 3 nitrogen and oxygen atoms in total. The van der Waals surface area contributed by atoms with Gasteiger partial charge in [0.25, 0.3) is 0 Å². The lowest BCUT2D eigenvalue weighted by atomic mass is 10.1. The third kappa shape index (κ3) is 3.06. The van der Waals surface area contributed by atoms with Crippen LogP contribution in [0.4, 0.5) is 0 Å². The van der Waals surface area contributed by atoms with Gasteiger partial charge < -0.3 is 5.32 Å². The molecule has 1 aromatic heterocycles. The Hall–Kier alpha value is -0.830. The summed E-state index contributed by atoms with van der Waals surface area (Å²) in [6, 6.07) is 0. The predicted octanol–water partition coefficient (Wildman–Crippen LogP) is 2.45. The second-order valence-corrected chi connectivity index (χ2v) is 5.01. The Bertz CT molecular complexity index is 307. The number of hydrogen-bond acceptors (Lipinski definition) is 2. The molecule has 0 aliphatic heterocycles. The van der Waals surface area contributed by atoms with Crippen molar-refractivity contribution in [3.8, 4) is 0 Å². The second-order valence-electron chi connectivity index (χ2n) is 5.01. The summed E-state index contributed by atoms with van der Waals surface area (Å²) < 4.78 is 2.09. The van der Waals surface area contributed by atoms with Gasteiger partial charge in [-0.25, -0.2) is 0 Å². The molecule has 1 heterocycles. The van der Waals surface area contributed by atoms with E-state index in [1.807, 2.05) is 6.20 Å². The van der Waals surface area contributed by atoms with Gasteiger partial charge in [-0.1, -0.05) is 6.92 Å². The van der Waals surface area contributed by atoms with E-state index in [2.05, 4.69) is 49.7 Å². The van der Waals surface area contributed by atoms with Crippen molar-refractivity contribution in [2.45, 2.75) is 53.1 Å². The largest absolute Gasteiger partial charge is 0.313 e. The van der Waals surface area contributed by atoms with Crippen LogP contribution in [-0.2, 0) is 12.1 Å². The quantitative estimate of drug-likeness (QED) is 0.772. The number of aromatic nitrogens is 2. The van der Waals surface area contributed by atoms with Gasteiger partial charge in [0.1, 0.15) is 0 Å². The first-order valence-electron chi connectivity index (χ1n) is 5.71. The molecule has 0 saturated heterocycles. The van der Waals surface area contributed by atoms with Crippen LogP contribution in [0.2, 0.25) is 0 Å². The summed E-state index contributed by atoms with van der Waals surface area (Å²) in [5.41, 5.74) is 2.65. The zero-order valence-corrected chi connectivity index (χ0v) is 10.6. The van der Waals surface area contributed by atoms with E-state index in [9.17, 15) is 0 Å². The van der Waals surface area contributed by atoms with Crippen LogP contribution in [0.3, 0.4) is 0 Å². The lowest BCUT2D eigenvalue weighted by Crippen LogP contribution is -2.24. The minimum atomic E-state index is 0.0765. The van der Waals surface area contributed by atoms with Gasteiger partial charge in [-0.2, -0.15) is 5.10 Å². The number of hydrogen-bond donors (Lipinski definition) is 1. The van der Waals surface area contributed by atoms with Crippen LogP contribution < -0.4 is 5.32 Å². The Balaban J connectivity index is 2.72. The standard InChI is InChI=1S/C12H23N3/c1-6-7-13-8-11-9-14-15(10(11)2)12(3,4)5/h9,13H,6-8H2,1-5H3. The normalized spacial score (nSPS) is 12.1. The molecule has 0 aliphatic rings. The van der Waals surface area contributed by atoms with Crippen molar-refractivity contribution in [1.82, 2.24) is 15.1 Å². The molecule has 0 fully saturated rings. The van der Waals surface area contributed by atoms with E-state index in [1.165, 1.54) is 17.7 Å². The first-order chi connectivity index (χ1) is 6.96. The van der Waals surface area contributed by atoms with E-state index in [-0.39, 0.29) is 5.54 Å². The Kier molecular flexibility index (Phi) is 3.91. The molecule has 0 aromatic carbocycles. The van der Waals surface area contributed by atoms with Gasteiger partial charge in [-0.15, -0.1) is 0 Å². The minimum Gasteiger partial charge on any atom is -0.313 e. The smallest absolute Gasteiger partial charge is 0.0546 e. The van der Waals surface area contributed by atoms with Crippen LogP contribution in [0.15, 0.2) is 6.20 Å². The number of nitrogens with one attached hydrogen (secondary N) is 1. The van der Waals surface area contributed by atoms with Crippen LogP contribution in [0.1, 0.15) is 45.4 Å². The van der Waals surface area contributed by atoms with Crippen molar-refractivity contribution in [2.24, 2.45) is 0 Å². The van der Waals surface area contributed by atoms with Gasteiger partial charge in [0.2, 0.25) is 0 Å². The van der Waals surface area contributed by atoms with Gasteiger partial charge in [0.15, 0.2) is 0 Å². The van der Waals surface area contributed by atoms with Crippen LogP contribution in [0, 0.1) is 6.92 Å². The van der Waals surface area contributed by atoms with Crippen LogP contribution >= 0.6 is 0 Å². The Morgan fingerprint density at radius 1 is 1.40 bits per heavy atom. The van der Waals surface area contributed by atoms with E-state index in [4.69, 9.17) is 0 Å². The maximum Gasteiger partial charge on any atom is 0.0546 e. The lowest BCUT2D eigenvalue weighted by Gasteiger charge is -2.21. The fourth-order valence-corrected chi connectivity index (χ4v) is 1.69. The SMILES string of the molecule is CCCNCc1cnn(C(C)(C)C)c1C. The molecule has 0 saturated carbocycles. The van der Waals surface area contributed by atoms with Crippen LogP contribution in [-0.4, -0.2) is 16.3 Å². The highest BCUT2D eigenvalue weighted by molar-refractivity contribution is 5.17. The van der Waals surface area contributed by atoms with Crippen molar-refractivity contribution in [1.29, 1.82) is 0 Å². The molecule has 0 bridgehead atoms. The summed E-state index contributed by atoms with van der Waals surface area (Å²) in [6.45, 7) is 12.8. The summed E-state index contributed by atoms with van der Waals surface area (Å²) in [5.74, 6) is 0. The first kappa shape index (κ1) is 12.2. The average molecular weight is 209 g/mol. The first-order valence-corrected chi connectivity index (χ1v) is 5.71. The van der Waals surface area contributed by atoms with E-state index >= 15 is 0 Å². The fourth-order valence-electron chi connectivity index (χ4n) is 1.69. The van der Waals surface area contributed by atoms with Crippen molar-refractivity contribution >= 4 is 0 Å². The van der Waals surface area contributed by atoms with Crippen molar-refractivity contribution < 1.29 is 0 Å². The molecule has 1 aromatic rings. The molecule has 1 rings (SSSR count). The molecule has 0 amide bonds. The molecule has 15 heavy (non-hydrogen) atoms. The van der Waals surface area contributed by atoms with E-state index in [0.717, 1.165) is 13.1 Å². The summed E-state index contributed by atoms with van der Waals surface area (Å²) >= 11 is 0. The Morgan fingerprint density at radius 2 is 2.07 bits per heavy atom. The molecule has 1 N–H and O–H groups in total. The zero-order chi connectivity index (χ0) is 11.5. The highest BCUT2D eigenvalue weighted by atomic mass is 15.3. The molecular formula is C12H23N3. The van der Waals surface area contributed by atoms with Gasteiger partial charge >= 0.3 is 0 Å². The van der Waals surface area contributed by atoms with Crippen molar-refractivity contribution in [3.05, 3.63) is 17.5 Å². The molecule has 0 atom stereocenters.